The minimum absolute atomic E-state index is 0.294. The number of rotatable bonds is 6. The van der Waals surface area contributed by atoms with Crippen molar-refractivity contribution in [3.63, 3.8) is 0 Å². The largest absolute Gasteiger partial charge is 0.469 e. The summed E-state index contributed by atoms with van der Waals surface area (Å²) in [5, 5.41) is 30.7. The SMILES string of the molecule is COC(=O)CC(O)C(O)c1ccc(S(C)(=O)=O)cc1[N+](=O)[O-]. The number of ether oxygens (including phenoxy) is 1. The first-order chi connectivity index (χ1) is 10.1. The molecule has 2 N–H and O–H groups in total. The van der Waals surface area contributed by atoms with Crippen molar-refractivity contribution >= 4 is 21.5 Å². The van der Waals surface area contributed by atoms with Crippen LogP contribution < -0.4 is 0 Å². The van der Waals surface area contributed by atoms with Crippen LogP contribution in [0.4, 0.5) is 5.69 Å². The predicted octanol–water partition coefficient (Wildman–Crippen LogP) is -0.0443. The molecule has 0 aromatic heterocycles. The summed E-state index contributed by atoms with van der Waals surface area (Å²) in [6.45, 7) is 0. The zero-order valence-electron chi connectivity index (χ0n) is 11.8. The lowest BCUT2D eigenvalue weighted by atomic mass is 10.0. The number of aliphatic hydroxyl groups is 2. The Bertz CT molecular complexity index is 684. The number of sulfone groups is 1. The molecule has 1 aromatic carbocycles. The van der Waals surface area contributed by atoms with Gasteiger partial charge in [0.15, 0.2) is 9.84 Å². The molecule has 0 amide bonds. The van der Waals surface area contributed by atoms with Crippen LogP contribution in [0.15, 0.2) is 23.1 Å². The van der Waals surface area contributed by atoms with Crippen LogP contribution >= 0.6 is 0 Å². The normalized spacial score (nSPS) is 14.2. The van der Waals surface area contributed by atoms with E-state index in [4.69, 9.17) is 0 Å². The van der Waals surface area contributed by atoms with Gasteiger partial charge in [0, 0.05) is 12.3 Å². The third-order valence-electron chi connectivity index (χ3n) is 2.91. The Labute approximate surface area is 126 Å². The molecule has 0 saturated carbocycles. The summed E-state index contributed by atoms with van der Waals surface area (Å²) in [4.78, 5) is 20.9. The summed E-state index contributed by atoms with van der Waals surface area (Å²) in [5.41, 5.74) is -0.965. The highest BCUT2D eigenvalue weighted by atomic mass is 32.2. The number of nitrogens with zero attached hydrogens (tertiary/aromatic N) is 1. The minimum Gasteiger partial charge on any atom is -0.469 e. The second kappa shape index (κ2) is 6.81. The summed E-state index contributed by atoms with van der Waals surface area (Å²) in [6.07, 6.45) is -3.06. The summed E-state index contributed by atoms with van der Waals surface area (Å²) in [6, 6.07) is 2.89. The van der Waals surface area contributed by atoms with Gasteiger partial charge in [0.1, 0.15) is 6.10 Å². The molecule has 1 rings (SSSR count). The number of hydrogen-bond acceptors (Lipinski definition) is 8. The molecule has 0 aliphatic rings. The minimum atomic E-state index is -3.67. The Morgan fingerprint density at radius 3 is 2.45 bits per heavy atom. The van der Waals surface area contributed by atoms with Gasteiger partial charge >= 0.3 is 5.97 Å². The lowest BCUT2D eigenvalue weighted by Crippen LogP contribution is -2.23. The summed E-state index contributed by atoms with van der Waals surface area (Å²) in [5.74, 6) is -0.804. The molecule has 0 bridgehead atoms. The quantitative estimate of drug-likeness (QED) is 0.419. The van der Waals surface area contributed by atoms with E-state index < -0.39 is 45.0 Å². The van der Waals surface area contributed by atoms with Crippen LogP contribution in [0.2, 0.25) is 0 Å². The van der Waals surface area contributed by atoms with Crippen LogP contribution in [-0.4, -0.2) is 49.0 Å². The lowest BCUT2D eigenvalue weighted by Gasteiger charge is -2.17. The first-order valence-electron chi connectivity index (χ1n) is 5.99. The standard InChI is InChI=1S/C12H15NO8S/c1-21-11(15)6-10(14)12(16)8-4-3-7(22(2,19)20)5-9(8)13(17)18/h3-5,10,12,14,16H,6H2,1-2H3. The predicted molar refractivity (Wildman–Crippen MR) is 73.8 cm³/mol. The van der Waals surface area contributed by atoms with Crippen LogP contribution in [0.25, 0.3) is 0 Å². The van der Waals surface area contributed by atoms with E-state index in [0.717, 1.165) is 31.6 Å². The molecule has 2 atom stereocenters. The third kappa shape index (κ3) is 4.23. The second-order valence-corrected chi connectivity index (χ2v) is 6.56. The van der Waals surface area contributed by atoms with Crippen LogP contribution in [0.3, 0.4) is 0 Å². The zero-order valence-corrected chi connectivity index (χ0v) is 12.6. The first kappa shape index (κ1) is 18.0. The van der Waals surface area contributed by atoms with Crippen molar-refractivity contribution in [3.05, 3.63) is 33.9 Å². The van der Waals surface area contributed by atoms with Gasteiger partial charge in [-0.25, -0.2) is 8.42 Å². The number of esters is 1. The summed E-state index contributed by atoms with van der Waals surface area (Å²) < 4.78 is 27.1. The highest BCUT2D eigenvalue weighted by molar-refractivity contribution is 7.90. The Balaban J connectivity index is 3.24. The second-order valence-electron chi connectivity index (χ2n) is 4.54. The molecule has 2 unspecified atom stereocenters. The number of nitro groups is 1. The van der Waals surface area contributed by atoms with E-state index in [-0.39, 0.29) is 10.5 Å². The van der Waals surface area contributed by atoms with Gasteiger partial charge in [-0.1, -0.05) is 0 Å². The third-order valence-corrected chi connectivity index (χ3v) is 4.02. The van der Waals surface area contributed by atoms with Crippen LogP contribution in [-0.2, 0) is 19.4 Å². The molecule has 0 saturated heterocycles. The van der Waals surface area contributed by atoms with E-state index in [1.165, 1.54) is 0 Å². The topological polar surface area (TPSA) is 144 Å². The first-order valence-corrected chi connectivity index (χ1v) is 7.88. The van der Waals surface area contributed by atoms with E-state index in [0.29, 0.717) is 0 Å². The number of carbonyl (C=O) groups excluding carboxylic acids is 1. The highest BCUT2D eigenvalue weighted by Crippen LogP contribution is 2.30. The molecule has 1 aromatic rings. The van der Waals surface area contributed by atoms with Gasteiger partial charge in [0.05, 0.1) is 35.0 Å². The van der Waals surface area contributed by atoms with Gasteiger partial charge in [0.2, 0.25) is 0 Å². The van der Waals surface area contributed by atoms with Gasteiger partial charge in [-0.15, -0.1) is 0 Å². The molecular weight excluding hydrogens is 318 g/mol. The molecule has 10 heteroatoms. The average molecular weight is 333 g/mol. The maximum absolute atomic E-state index is 11.4. The van der Waals surface area contributed by atoms with E-state index in [1.54, 1.807) is 0 Å². The molecule has 0 spiro atoms. The van der Waals surface area contributed by atoms with Crippen LogP contribution in [0, 0.1) is 10.1 Å². The smallest absolute Gasteiger partial charge is 0.308 e. The Hall–Kier alpha value is -2.04. The molecule has 0 aliphatic carbocycles. The van der Waals surface area contributed by atoms with E-state index >= 15 is 0 Å². The van der Waals surface area contributed by atoms with Gasteiger partial charge in [0.25, 0.3) is 5.69 Å². The van der Waals surface area contributed by atoms with Crippen molar-refractivity contribution in [1.29, 1.82) is 0 Å². The Kier molecular flexibility index (Phi) is 5.58. The molecule has 0 aliphatic heterocycles. The number of nitro benzene ring substituents is 1. The molecule has 0 radical (unpaired) electrons. The maximum atomic E-state index is 11.4. The van der Waals surface area contributed by atoms with Crippen molar-refractivity contribution in [3.8, 4) is 0 Å². The number of methoxy groups -OCH3 is 1. The van der Waals surface area contributed by atoms with E-state index in [1.807, 2.05) is 0 Å². The Morgan fingerprint density at radius 2 is 2.00 bits per heavy atom. The van der Waals surface area contributed by atoms with E-state index in [2.05, 4.69) is 4.74 Å². The Morgan fingerprint density at radius 1 is 1.41 bits per heavy atom. The fourth-order valence-corrected chi connectivity index (χ4v) is 2.38. The van der Waals surface area contributed by atoms with E-state index in [9.17, 15) is 33.5 Å². The molecule has 22 heavy (non-hydrogen) atoms. The number of aliphatic hydroxyl groups excluding tert-OH is 2. The lowest BCUT2D eigenvalue weighted by molar-refractivity contribution is -0.386. The van der Waals surface area contributed by atoms with Crippen molar-refractivity contribution in [1.82, 2.24) is 0 Å². The summed E-state index contributed by atoms with van der Waals surface area (Å²) >= 11 is 0. The number of carbonyl (C=O) groups is 1. The van der Waals surface area contributed by atoms with Crippen molar-refractivity contribution in [2.75, 3.05) is 13.4 Å². The molecule has 0 heterocycles. The monoisotopic (exact) mass is 333 g/mol. The summed E-state index contributed by atoms with van der Waals surface area (Å²) in [7, 11) is -2.58. The van der Waals surface area contributed by atoms with Crippen LogP contribution in [0.5, 0.6) is 0 Å². The van der Waals surface area contributed by atoms with Gasteiger partial charge in [-0.3, -0.25) is 14.9 Å². The zero-order chi connectivity index (χ0) is 17.1. The van der Waals surface area contributed by atoms with Crippen LogP contribution in [0.1, 0.15) is 18.1 Å². The fourth-order valence-electron chi connectivity index (χ4n) is 1.74. The van der Waals surface area contributed by atoms with Gasteiger partial charge < -0.3 is 14.9 Å². The number of benzene rings is 1. The maximum Gasteiger partial charge on any atom is 0.308 e. The van der Waals surface area contributed by atoms with Crippen molar-refractivity contribution in [2.24, 2.45) is 0 Å². The molecular formula is C12H15NO8S. The van der Waals surface area contributed by atoms with Crippen molar-refractivity contribution in [2.45, 2.75) is 23.5 Å². The van der Waals surface area contributed by atoms with Gasteiger partial charge in [-0.05, 0) is 12.1 Å². The molecule has 0 fully saturated rings. The molecule has 122 valence electrons. The fraction of sp³-hybridized carbons (Fsp3) is 0.417. The van der Waals surface area contributed by atoms with Crippen molar-refractivity contribution < 1.29 is 33.1 Å². The molecule has 9 nitrogen and oxygen atoms in total. The average Bonchev–Trinajstić information content (AvgIpc) is 2.44. The number of hydrogen-bond donors (Lipinski definition) is 2. The van der Waals surface area contributed by atoms with Gasteiger partial charge in [-0.2, -0.15) is 0 Å². The highest BCUT2D eigenvalue weighted by Gasteiger charge is 2.29.